The van der Waals surface area contributed by atoms with Gasteiger partial charge < -0.3 is 14.4 Å². The molecule has 6 nitrogen and oxygen atoms in total. The van der Waals surface area contributed by atoms with E-state index in [9.17, 15) is 9.59 Å². The molecule has 0 aromatic carbocycles. The molecule has 49 heavy (non-hydrogen) atoms. The second kappa shape index (κ2) is 30.6. The number of nitrogens with zero attached hydrogens (tertiary/aromatic N) is 2. The van der Waals surface area contributed by atoms with Gasteiger partial charge in [-0.05, 0) is 45.7 Å². The molecule has 0 radical (unpaired) electrons. The maximum Gasteiger partial charge on any atom is 0.233 e. The molecule has 1 aliphatic heterocycles. The Morgan fingerprint density at radius 1 is 0.592 bits per heavy atom. The highest BCUT2D eigenvalue weighted by Crippen LogP contribution is 2.38. The number of rotatable bonds is 35. The first-order valence-corrected chi connectivity index (χ1v) is 21.8. The number of amides is 2. The number of ether oxygens (including phenoxy) is 2. The maximum atomic E-state index is 12.9. The van der Waals surface area contributed by atoms with E-state index in [1.54, 1.807) is 4.90 Å². The van der Waals surface area contributed by atoms with Gasteiger partial charge in [-0.3, -0.25) is 14.5 Å². The van der Waals surface area contributed by atoms with E-state index in [2.05, 4.69) is 25.8 Å². The van der Waals surface area contributed by atoms with Crippen LogP contribution in [0.4, 0.5) is 0 Å². The van der Waals surface area contributed by atoms with Crippen LogP contribution in [-0.2, 0) is 19.1 Å². The van der Waals surface area contributed by atoms with Crippen molar-refractivity contribution in [3.63, 3.8) is 0 Å². The van der Waals surface area contributed by atoms with E-state index < -0.39 is 0 Å². The van der Waals surface area contributed by atoms with E-state index in [0.717, 1.165) is 71.2 Å². The van der Waals surface area contributed by atoms with Crippen molar-refractivity contribution in [2.45, 2.75) is 206 Å². The van der Waals surface area contributed by atoms with Gasteiger partial charge in [-0.25, -0.2) is 0 Å². The molecular weight excluding hydrogens is 608 g/mol. The molecule has 2 rings (SSSR count). The summed E-state index contributed by atoms with van der Waals surface area (Å²) >= 11 is 0. The lowest BCUT2D eigenvalue weighted by molar-refractivity contribution is -0.140. The molecule has 1 aliphatic carbocycles. The number of carbonyl (C=O) groups is 2. The molecule has 2 amide bonds. The molecule has 0 N–H and O–H groups in total. The van der Waals surface area contributed by atoms with Crippen molar-refractivity contribution in [2.24, 2.45) is 11.8 Å². The van der Waals surface area contributed by atoms with Crippen LogP contribution >= 0.6 is 0 Å². The van der Waals surface area contributed by atoms with Crippen LogP contribution in [0.5, 0.6) is 0 Å². The first kappa shape index (κ1) is 44.2. The van der Waals surface area contributed by atoms with Crippen LogP contribution in [0.15, 0.2) is 0 Å². The summed E-state index contributed by atoms with van der Waals surface area (Å²) in [6.45, 7) is 9.07. The first-order valence-electron chi connectivity index (χ1n) is 21.8. The lowest BCUT2D eigenvalue weighted by Crippen LogP contribution is -2.37. The quantitative estimate of drug-likeness (QED) is 0.0489. The van der Waals surface area contributed by atoms with Crippen LogP contribution in [-0.4, -0.2) is 74.2 Å². The molecule has 6 heteroatoms. The Balaban J connectivity index is 1.59. The van der Waals surface area contributed by atoms with Crippen molar-refractivity contribution in [1.29, 1.82) is 0 Å². The Hall–Kier alpha value is -0.980. The van der Waals surface area contributed by atoms with Crippen molar-refractivity contribution >= 4 is 11.8 Å². The molecule has 0 bridgehead atoms. The molecular formula is C43H82N2O4. The number of hydrogen-bond donors (Lipinski definition) is 0. The van der Waals surface area contributed by atoms with Gasteiger partial charge in [-0.15, -0.1) is 0 Å². The Bertz CT molecular complexity index is 768. The third-order valence-corrected chi connectivity index (χ3v) is 11.2. The van der Waals surface area contributed by atoms with Crippen molar-refractivity contribution in [3.05, 3.63) is 0 Å². The molecule has 2 fully saturated rings. The predicted octanol–water partition coefficient (Wildman–Crippen LogP) is 11.3. The summed E-state index contributed by atoms with van der Waals surface area (Å²) in [5, 5.41) is 0. The Morgan fingerprint density at radius 2 is 1.00 bits per heavy atom. The maximum absolute atomic E-state index is 12.9. The molecule has 288 valence electrons. The van der Waals surface area contributed by atoms with Crippen LogP contribution < -0.4 is 0 Å². The van der Waals surface area contributed by atoms with E-state index in [4.69, 9.17) is 9.47 Å². The minimum Gasteiger partial charge on any atom is -0.379 e. The number of imide groups is 1. The van der Waals surface area contributed by atoms with Crippen LogP contribution in [0.25, 0.3) is 0 Å². The van der Waals surface area contributed by atoms with E-state index in [0.29, 0.717) is 13.2 Å². The highest BCUT2D eigenvalue weighted by Gasteiger charge is 2.47. The smallest absolute Gasteiger partial charge is 0.233 e. The predicted molar refractivity (Wildman–Crippen MR) is 207 cm³/mol. The van der Waals surface area contributed by atoms with Crippen molar-refractivity contribution in [1.82, 2.24) is 9.80 Å². The summed E-state index contributed by atoms with van der Waals surface area (Å²) in [5.74, 6) is 0.0954. The number of hydrogen-bond acceptors (Lipinski definition) is 5. The third-order valence-electron chi connectivity index (χ3n) is 11.2. The number of likely N-dealkylation sites (tertiary alicyclic amines) is 1. The Labute approximate surface area is 304 Å². The lowest BCUT2D eigenvalue weighted by atomic mass is 9.81. The zero-order valence-corrected chi connectivity index (χ0v) is 33.0. The molecule has 0 aromatic rings. The fourth-order valence-corrected chi connectivity index (χ4v) is 8.00. The van der Waals surface area contributed by atoms with Crippen molar-refractivity contribution in [2.75, 3.05) is 46.5 Å². The summed E-state index contributed by atoms with van der Waals surface area (Å²) < 4.78 is 12.6. The zero-order valence-electron chi connectivity index (χ0n) is 33.0. The topological polar surface area (TPSA) is 59.1 Å². The van der Waals surface area contributed by atoms with Gasteiger partial charge in [0, 0.05) is 26.3 Å². The van der Waals surface area contributed by atoms with Gasteiger partial charge in [0.2, 0.25) is 11.8 Å². The number of carbonyl (C=O) groups excluding carboxylic acids is 2. The minimum atomic E-state index is -0.0423. The summed E-state index contributed by atoms with van der Waals surface area (Å²) in [7, 11) is 2.14. The van der Waals surface area contributed by atoms with Crippen LogP contribution in [0.1, 0.15) is 200 Å². The summed E-state index contributed by atoms with van der Waals surface area (Å²) in [6, 6.07) is 0. The highest BCUT2D eigenvalue weighted by atomic mass is 16.5. The fourth-order valence-electron chi connectivity index (χ4n) is 8.00. The molecule has 1 saturated heterocycles. The molecule has 1 heterocycles. The standard InChI is InChI=1S/C43H82N2O4/c1-4-6-8-10-12-14-16-18-20-22-24-28-35-48-38-39(49-36-29-25-23-21-19-17-15-13-11-9-7-5-2)37-44(3)33-30-34-45-42(46)40-31-26-27-32-41(40)43(45)47/h39-41H,4-38H2,1-3H3. The number of fused-ring (bicyclic) bond motifs is 1. The lowest BCUT2D eigenvalue weighted by Gasteiger charge is -2.25. The number of likely N-dealkylation sites (N-methyl/N-ethyl adjacent to an activating group) is 1. The minimum absolute atomic E-state index is 0.0423. The van der Waals surface area contributed by atoms with E-state index in [1.807, 2.05) is 0 Å². The normalized spacial score (nSPS) is 18.6. The fraction of sp³-hybridized carbons (Fsp3) is 0.953. The second-order valence-electron chi connectivity index (χ2n) is 15.8. The third kappa shape index (κ3) is 21.2. The van der Waals surface area contributed by atoms with Crippen LogP contribution in [0, 0.1) is 11.8 Å². The van der Waals surface area contributed by atoms with Gasteiger partial charge in [0.25, 0.3) is 0 Å². The number of unbranched alkanes of at least 4 members (excludes halogenated alkanes) is 22. The van der Waals surface area contributed by atoms with E-state index in [-0.39, 0.29) is 29.8 Å². The molecule has 0 spiro atoms. The van der Waals surface area contributed by atoms with E-state index >= 15 is 0 Å². The molecule has 0 aromatic heterocycles. The SMILES string of the molecule is CCCCCCCCCCCCCCOCC(CN(C)CCCN1C(=O)C2CCCCC2C1=O)OCCCCCCCCCCCCCC. The van der Waals surface area contributed by atoms with Crippen LogP contribution in [0.3, 0.4) is 0 Å². The highest BCUT2D eigenvalue weighted by molar-refractivity contribution is 6.05. The molecule has 1 saturated carbocycles. The van der Waals surface area contributed by atoms with Crippen molar-refractivity contribution in [3.8, 4) is 0 Å². The van der Waals surface area contributed by atoms with Gasteiger partial charge in [-0.2, -0.15) is 0 Å². The van der Waals surface area contributed by atoms with Crippen LogP contribution in [0.2, 0.25) is 0 Å². The average Bonchev–Trinajstić information content (AvgIpc) is 3.35. The zero-order chi connectivity index (χ0) is 35.2. The van der Waals surface area contributed by atoms with Crippen molar-refractivity contribution < 1.29 is 19.1 Å². The largest absolute Gasteiger partial charge is 0.379 e. The monoisotopic (exact) mass is 691 g/mol. The molecule has 2 aliphatic rings. The van der Waals surface area contributed by atoms with Gasteiger partial charge in [0.15, 0.2) is 0 Å². The Kier molecular flexibility index (Phi) is 27.6. The van der Waals surface area contributed by atoms with E-state index in [1.165, 1.54) is 141 Å². The molecule has 3 atom stereocenters. The average molecular weight is 691 g/mol. The van der Waals surface area contributed by atoms with Gasteiger partial charge in [0.1, 0.15) is 0 Å². The van der Waals surface area contributed by atoms with Gasteiger partial charge in [0.05, 0.1) is 24.5 Å². The summed E-state index contributed by atoms with van der Waals surface area (Å²) in [6.07, 6.45) is 37.3. The first-order chi connectivity index (χ1) is 24.1. The van der Waals surface area contributed by atoms with Gasteiger partial charge in [-0.1, -0.05) is 168 Å². The summed E-state index contributed by atoms with van der Waals surface area (Å²) in [4.78, 5) is 29.6. The van der Waals surface area contributed by atoms with Gasteiger partial charge >= 0.3 is 0 Å². The summed E-state index contributed by atoms with van der Waals surface area (Å²) in [5.41, 5.74) is 0. The Morgan fingerprint density at radius 3 is 1.45 bits per heavy atom. The second-order valence-corrected chi connectivity index (χ2v) is 15.8. The molecule has 3 unspecified atom stereocenters.